The fourth-order valence-electron chi connectivity index (χ4n) is 0. The second kappa shape index (κ2) is 10.3. The van der Waals surface area contributed by atoms with E-state index in [0.29, 0.717) is 0 Å². The van der Waals surface area contributed by atoms with Crippen LogP contribution in [0.4, 0.5) is 0 Å². The molecule has 0 unspecified atom stereocenters. The van der Waals surface area contributed by atoms with Gasteiger partial charge in [-0.25, -0.2) is 0 Å². The molecule has 0 aliphatic carbocycles. The summed E-state index contributed by atoms with van der Waals surface area (Å²) < 4.78 is 0. The second-order valence-electron chi connectivity index (χ2n) is 0.500. The van der Waals surface area contributed by atoms with Gasteiger partial charge in [-0.15, -0.1) is 0 Å². The van der Waals surface area contributed by atoms with Crippen molar-refractivity contribution in [3.8, 4) is 0 Å². The number of hydrogen-bond donors (Lipinski definition) is 0. The molecule has 0 radical (unpaired) electrons. The largest absolute Gasteiger partial charge is 2.00 e. The first-order valence-corrected chi connectivity index (χ1v) is 2.45. The SMILES string of the molecule is [Ca+2].[Na+].[Na+].[O-][Si]([O-])([O-])[O-]. The van der Waals surface area contributed by atoms with Crippen molar-refractivity contribution in [1.29, 1.82) is 0 Å². The van der Waals surface area contributed by atoms with Gasteiger partial charge >= 0.3 is 96.9 Å². The van der Waals surface area contributed by atoms with Gasteiger partial charge < -0.3 is 28.2 Å². The van der Waals surface area contributed by atoms with Crippen molar-refractivity contribution in [2.45, 2.75) is 0 Å². The van der Waals surface area contributed by atoms with Crippen molar-refractivity contribution in [3.63, 3.8) is 0 Å². The van der Waals surface area contributed by atoms with Gasteiger partial charge in [-0.2, -0.15) is 0 Å². The second-order valence-corrected chi connectivity index (χ2v) is 1.50. The van der Waals surface area contributed by atoms with E-state index in [-0.39, 0.29) is 96.9 Å². The van der Waals surface area contributed by atoms with E-state index in [2.05, 4.69) is 0 Å². The van der Waals surface area contributed by atoms with Crippen LogP contribution in [0.5, 0.6) is 0 Å². The molecule has 0 rings (SSSR count). The average Bonchev–Trinajstić information content (AvgIpc) is 0.722. The van der Waals surface area contributed by atoms with Gasteiger partial charge in [0.2, 0.25) is 0 Å². The summed E-state index contributed by atoms with van der Waals surface area (Å²) in [5.41, 5.74) is 0. The molecule has 8 heavy (non-hydrogen) atoms. The molecule has 0 amide bonds. The molecule has 0 aromatic carbocycles. The fraction of sp³-hybridized carbons (Fsp3) is 0. The van der Waals surface area contributed by atoms with Crippen molar-refractivity contribution in [3.05, 3.63) is 0 Å². The minimum absolute atomic E-state index is 0. The zero-order chi connectivity index (χ0) is 4.50. The van der Waals surface area contributed by atoms with E-state index >= 15 is 0 Å². The smallest absolute Gasteiger partial charge is 0.894 e. The average molecular weight is 178 g/mol. The van der Waals surface area contributed by atoms with Crippen molar-refractivity contribution in [2.75, 3.05) is 0 Å². The maximum absolute atomic E-state index is 8.58. The molecule has 8 heteroatoms. The molecule has 0 saturated carbocycles. The van der Waals surface area contributed by atoms with Gasteiger partial charge in [0.1, 0.15) is 0 Å². The van der Waals surface area contributed by atoms with E-state index in [4.69, 9.17) is 19.2 Å². The Morgan fingerprint density at radius 2 is 0.750 bits per heavy atom. The monoisotopic (exact) mass is 178 g/mol. The zero-order valence-electron chi connectivity index (χ0n) is 4.84. The van der Waals surface area contributed by atoms with Gasteiger partial charge in [-0.1, -0.05) is 0 Å². The van der Waals surface area contributed by atoms with Crippen LogP contribution in [0.3, 0.4) is 0 Å². The Morgan fingerprint density at radius 1 is 0.750 bits per heavy atom. The van der Waals surface area contributed by atoms with Gasteiger partial charge in [0.25, 0.3) is 0 Å². The number of hydrogen-bond acceptors (Lipinski definition) is 4. The Balaban J connectivity index is -0.0000000267. The summed E-state index contributed by atoms with van der Waals surface area (Å²) >= 11 is 0. The summed E-state index contributed by atoms with van der Waals surface area (Å²) in [7, 11) is -5.61. The van der Waals surface area contributed by atoms with Crippen LogP contribution in [0.15, 0.2) is 0 Å². The van der Waals surface area contributed by atoms with E-state index in [0.717, 1.165) is 0 Å². The van der Waals surface area contributed by atoms with Crippen LogP contribution >= 0.6 is 0 Å². The molecule has 32 valence electrons. The third kappa shape index (κ3) is 58.6. The molecule has 0 spiro atoms. The van der Waals surface area contributed by atoms with Crippen LogP contribution in [-0.4, -0.2) is 46.8 Å². The molecule has 0 atom stereocenters. The molecular formula is CaNa2O4Si. The summed E-state index contributed by atoms with van der Waals surface area (Å²) in [6, 6.07) is 0. The normalized spacial score (nSPS) is 7.50. The third-order valence-electron chi connectivity index (χ3n) is 0. The molecule has 0 fully saturated rings. The topological polar surface area (TPSA) is 92.2 Å². The maximum atomic E-state index is 8.58. The van der Waals surface area contributed by atoms with Crippen LogP contribution in [0, 0.1) is 0 Å². The van der Waals surface area contributed by atoms with Crippen molar-refractivity contribution < 1.29 is 78.3 Å². The van der Waals surface area contributed by atoms with Crippen LogP contribution in [0.1, 0.15) is 0 Å². The first-order chi connectivity index (χ1) is 2.00. The van der Waals surface area contributed by atoms with Crippen LogP contribution < -0.4 is 78.3 Å². The van der Waals surface area contributed by atoms with E-state index in [9.17, 15) is 0 Å². The molecule has 4 nitrogen and oxygen atoms in total. The summed E-state index contributed by atoms with van der Waals surface area (Å²) in [6.45, 7) is 0. The van der Waals surface area contributed by atoms with Crippen molar-refractivity contribution >= 4 is 46.8 Å². The first-order valence-electron chi connectivity index (χ1n) is 0.816. The predicted octanol–water partition coefficient (Wildman–Crippen LogP) is -11.5. The Morgan fingerprint density at radius 3 is 0.750 bits per heavy atom. The summed E-state index contributed by atoms with van der Waals surface area (Å²) in [5.74, 6) is 0. The Kier molecular flexibility index (Phi) is 29.0. The van der Waals surface area contributed by atoms with Crippen molar-refractivity contribution in [2.24, 2.45) is 0 Å². The van der Waals surface area contributed by atoms with Gasteiger partial charge in [0.05, 0.1) is 0 Å². The maximum Gasteiger partial charge on any atom is 2.00 e. The van der Waals surface area contributed by atoms with E-state index < -0.39 is 9.05 Å². The molecule has 0 aromatic heterocycles. The molecular weight excluding hydrogens is 178 g/mol. The molecule has 0 bridgehead atoms. The Labute approximate surface area is 122 Å². The van der Waals surface area contributed by atoms with Gasteiger partial charge in [-0.05, 0) is 0 Å². The van der Waals surface area contributed by atoms with Crippen LogP contribution in [0.25, 0.3) is 0 Å². The van der Waals surface area contributed by atoms with Gasteiger partial charge in [0.15, 0.2) is 0 Å². The van der Waals surface area contributed by atoms with Crippen LogP contribution in [0.2, 0.25) is 0 Å². The standard InChI is InChI=1S/Ca.2Na.O4Si/c;;;1-5(2,3)4/q+2;2*+1;-4. The number of rotatable bonds is 0. The minimum atomic E-state index is -5.61. The molecule has 0 aromatic rings. The predicted molar refractivity (Wildman–Crippen MR) is 11.5 cm³/mol. The molecule has 0 aliphatic rings. The summed E-state index contributed by atoms with van der Waals surface area (Å²) in [6.07, 6.45) is 0. The minimum Gasteiger partial charge on any atom is -0.894 e. The van der Waals surface area contributed by atoms with E-state index in [1.165, 1.54) is 0 Å². The third-order valence-corrected chi connectivity index (χ3v) is 0. The van der Waals surface area contributed by atoms with Gasteiger partial charge in [0, 0.05) is 0 Å². The molecule has 0 N–H and O–H groups in total. The van der Waals surface area contributed by atoms with Crippen LogP contribution in [-0.2, 0) is 0 Å². The molecule has 0 aliphatic heterocycles. The quantitative estimate of drug-likeness (QED) is 0.344. The molecule has 0 saturated heterocycles. The molecule has 0 heterocycles. The zero-order valence-corrected chi connectivity index (χ0v) is 12.0. The van der Waals surface area contributed by atoms with Gasteiger partial charge in [-0.3, -0.25) is 0 Å². The fourth-order valence-corrected chi connectivity index (χ4v) is 0. The van der Waals surface area contributed by atoms with E-state index in [1.807, 2.05) is 0 Å². The first kappa shape index (κ1) is 22.5. The summed E-state index contributed by atoms with van der Waals surface area (Å²) in [4.78, 5) is 34.3. The van der Waals surface area contributed by atoms with E-state index in [1.54, 1.807) is 0 Å². The Hall–Kier alpha value is 3.32. The van der Waals surface area contributed by atoms with Crippen molar-refractivity contribution in [1.82, 2.24) is 0 Å². The Bertz CT molecular complexity index is 29.5. The summed E-state index contributed by atoms with van der Waals surface area (Å²) in [5, 5.41) is 0.